The van der Waals surface area contributed by atoms with Crippen molar-refractivity contribution in [2.45, 2.75) is 74.9 Å². The summed E-state index contributed by atoms with van der Waals surface area (Å²) in [5, 5.41) is 33.5. The minimum atomic E-state index is -0.707. The number of nitrogens with zero attached hydrogens (tertiary/aromatic N) is 1. The first-order chi connectivity index (χ1) is 15.3. The van der Waals surface area contributed by atoms with Crippen LogP contribution in [0.15, 0.2) is 28.3 Å². The first kappa shape index (κ1) is 26.5. The van der Waals surface area contributed by atoms with Gasteiger partial charge in [-0.3, -0.25) is 4.79 Å². The van der Waals surface area contributed by atoms with E-state index in [2.05, 4.69) is 9.89 Å². The van der Waals surface area contributed by atoms with E-state index in [-0.39, 0.29) is 28.5 Å². The number of unbranched alkanes of at least 4 members (excludes halogenated alkanes) is 3. The zero-order valence-corrected chi connectivity index (χ0v) is 19.2. The van der Waals surface area contributed by atoms with Gasteiger partial charge in [0.1, 0.15) is 11.6 Å². The monoisotopic (exact) mass is 473 g/mol. The molecule has 180 valence electrons. The van der Waals surface area contributed by atoms with Crippen LogP contribution in [0.1, 0.15) is 57.8 Å². The third-order valence-corrected chi connectivity index (χ3v) is 7.21. The van der Waals surface area contributed by atoms with Crippen LogP contribution in [-0.4, -0.2) is 52.2 Å². The lowest BCUT2D eigenvalue weighted by Crippen LogP contribution is -2.23. The lowest BCUT2D eigenvalue weighted by molar-refractivity contribution is -0.140. The van der Waals surface area contributed by atoms with E-state index in [1.807, 2.05) is 0 Å². The molecular formula is C23H33F2NO5S. The maximum absolute atomic E-state index is 13.7. The van der Waals surface area contributed by atoms with Gasteiger partial charge < -0.3 is 20.2 Å². The van der Waals surface area contributed by atoms with Gasteiger partial charge in [-0.15, -0.1) is 11.8 Å². The molecule has 0 amide bonds. The number of carbonyl (C=O) groups excluding carboxylic acids is 1. The van der Waals surface area contributed by atoms with Gasteiger partial charge in [0.25, 0.3) is 0 Å². The molecule has 1 aromatic carbocycles. The van der Waals surface area contributed by atoms with Crippen molar-refractivity contribution in [2.24, 2.45) is 17.0 Å². The highest BCUT2D eigenvalue weighted by Crippen LogP contribution is 2.37. The Morgan fingerprint density at radius 2 is 2.00 bits per heavy atom. The van der Waals surface area contributed by atoms with Gasteiger partial charge in [-0.1, -0.05) is 24.4 Å². The second-order valence-electron chi connectivity index (χ2n) is 8.28. The molecule has 0 heterocycles. The number of aliphatic hydroxyl groups is 2. The van der Waals surface area contributed by atoms with Crippen molar-refractivity contribution in [3.63, 3.8) is 0 Å². The maximum atomic E-state index is 13.7. The quantitative estimate of drug-likeness (QED) is 0.128. The summed E-state index contributed by atoms with van der Waals surface area (Å²) in [5.41, 5.74) is 0.553. The number of thioether (sulfide) groups is 1. The zero-order valence-electron chi connectivity index (χ0n) is 18.4. The summed E-state index contributed by atoms with van der Waals surface area (Å²) in [7, 11) is 1.38. The summed E-state index contributed by atoms with van der Waals surface area (Å²) >= 11 is 1.13. The van der Waals surface area contributed by atoms with Crippen LogP contribution in [-0.2, 0) is 9.53 Å². The number of hydrogen-bond acceptors (Lipinski definition) is 7. The summed E-state index contributed by atoms with van der Waals surface area (Å²) in [6, 6.07) is 3.35. The van der Waals surface area contributed by atoms with E-state index < -0.39 is 23.8 Å². The van der Waals surface area contributed by atoms with Gasteiger partial charge >= 0.3 is 5.97 Å². The normalized spacial score (nSPS) is 22.9. The third kappa shape index (κ3) is 8.33. The van der Waals surface area contributed by atoms with Crippen molar-refractivity contribution in [1.29, 1.82) is 0 Å². The summed E-state index contributed by atoms with van der Waals surface area (Å²) in [6.07, 6.45) is 4.67. The highest BCUT2D eigenvalue weighted by molar-refractivity contribution is 7.99. The summed E-state index contributed by atoms with van der Waals surface area (Å²) in [5.74, 6) is -1.41. The molecule has 0 aromatic heterocycles. The molecule has 0 aliphatic heterocycles. The minimum Gasteiger partial charge on any atom is -0.469 e. The molecule has 1 aliphatic rings. The third-order valence-electron chi connectivity index (χ3n) is 6.02. The number of halogens is 2. The molecule has 1 saturated carbocycles. The highest BCUT2D eigenvalue weighted by Gasteiger charge is 2.39. The van der Waals surface area contributed by atoms with Crippen LogP contribution in [0.3, 0.4) is 0 Å². The first-order valence-electron chi connectivity index (χ1n) is 11.1. The number of oxime groups is 1. The topological polar surface area (TPSA) is 99.4 Å². The number of carbonyl (C=O) groups is 1. The van der Waals surface area contributed by atoms with Crippen LogP contribution in [0.5, 0.6) is 0 Å². The predicted octanol–water partition coefficient (Wildman–Crippen LogP) is 4.54. The van der Waals surface area contributed by atoms with E-state index in [0.29, 0.717) is 31.4 Å². The Hall–Kier alpha value is -1.71. The van der Waals surface area contributed by atoms with Gasteiger partial charge in [-0.05, 0) is 43.7 Å². The Bertz CT molecular complexity index is 764. The van der Waals surface area contributed by atoms with Crippen molar-refractivity contribution in [3.8, 4) is 0 Å². The molecule has 2 rings (SSSR count). The molecular weight excluding hydrogens is 440 g/mol. The lowest BCUT2D eigenvalue weighted by atomic mass is 9.85. The molecule has 6 nitrogen and oxygen atoms in total. The summed E-state index contributed by atoms with van der Waals surface area (Å²) < 4.78 is 31.4. The van der Waals surface area contributed by atoms with E-state index in [4.69, 9.17) is 0 Å². The number of esters is 1. The zero-order chi connectivity index (χ0) is 23.5. The predicted molar refractivity (Wildman–Crippen MR) is 119 cm³/mol. The summed E-state index contributed by atoms with van der Waals surface area (Å²) in [4.78, 5) is 11.4. The molecule has 1 aliphatic carbocycles. The van der Waals surface area contributed by atoms with E-state index in [1.165, 1.54) is 19.2 Å². The number of hydrogen-bond donors (Lipinski definition) is 3. The molecule has 1 aromatic rings. The average molecular weight is 474 g/mol. The molecule has 0 saturated heterocycles. The fourth-order valence-corrected chi connectivity index (χ4v) is 5.16. The lowest BCUT2D eigenvalue weighted by Gasteiger charge is -2.23. The fourth-order valence-electron chi connectivity index (χ4n) is 4.26. The van der Waals surface area contributed by atoms with E-state index in [9.17, 15) is 29.0 Å². The Kier molecular flexibility index (Phi) is 11.4. The van der Waals surface area contributed by atoms with Crippen molar-refractivity contribution < 1.29 is 33.7 Å². The SMILES string of the molecule is COC(=O)CCCCCC[C@H]1[C@@H](O)C/C(=N/O)[C@@H]1CCC(O)CSc1ccc(F)cc1F. The van der Waals surface area contributed by atoms with Crippen molar-refractivity contribution >= 4 is 23.4 Å². The van der Waals surface area contributed by atoms with Crippen LogP contribution >= 0.6 is 11.8 Å². The van der Waals surface area contributed by atoms with Gasteiger partial charge in [0.15, 0.2) is 0 Å². The van der Waals surface area contributed by atoms with Crippen LogP contribution in [0, 0.1) is 23.5 Å². The summed E-state index contributed by atoms with van der Waals surface area (Å²) in [6.45, 7) is 0. The van der Waals surface area contributed by atoms with Gasteiger partial charge in [0.2, 0.25) is 0 Å². The van der Waals surface area contributed by atoms with Crippen LogP contribution in [0.25, 0.3) is 0 Å². The van der Waals surface area contributed by atoms with E-state index in [0.717, 1.165) is 49.9 Å². The smallest absolute Gasteiger partial charge is 0.305 e. The van der Waals surface area contributed by atoms with Crippen molar-refractivity contribution in [2.75, 3.05) is 12.9 Å². The van der Waals surface area contributed by atoms with Gasteiger partial charge in [0.05, 0.1) is 25.0 Å². The Morgan fingerprint density at radius 1 is 1.25 bits per heavy atom. The number of methoxy groups -OCH3 is 1. The molecule has 9 heteroatoms. The number of ether oxygens (including phenoxy) is 1. The van der Waals surface area contributed by atoms with E-state index in [1.54, 1.807) is 0 Å². The Balaban J connectivity index is 1.78. The van der Waals surface area contributed by atoms with Gasteiger partial charge in [-0.2, -0.15) is 0 Å². The van der Waals surface area contributed by atoms with Gasteiger partial charge in [-0.25, -0.2) is 8.78 Å². The van der Waals surface area contributed by atoms with Crippen LogP contribution in [0.4, 0.5) is 8.78 Å². The highest BCUT2D eigenvalue weighted by atomic mass is 32.2. The Labute approximate surface area is 192 Å². The van der Waals surface area contributed by atoms with Crippen LogP contribution < -0.4 is 0 Å². The van der Waals surface area contributed by atoms with Gasteiger partial charge in [0, 0.05) is 35.5 Å². The molecule has 32 heavy (non-hydrogen) atoms. The average Bonchev–Trinajstić information content (AvgIpc) is 3.08. The number of rotatable bonds is 13. The standard InChI is InChI=1S/C23H33F2NO5S/c1-31-23(29)7-5-3-2-4-6-18-17(20(26-30)13-21(18)28)10-9-16(27)14-32-22-11-8-15(24)12-19(22)25/h8,11-12,16-18,21,27-28,30H,2-7,9-10,13-14H2,1H3/b26-20-/t16?,17-,18-,21+/m1/s1. The molecule has 0 bridgehead atoms. The number of aliphatic hydroxyl groups excluding tert-OH is 2. The second kappa shape index (κ2) is 13.7. The number of benzene rings is 1. The molecule has 0 radical (unpaired) electrons. The molecule has 3 N–H and O–H groups in total. The molecule has 0 spiro atoms. The molecule has 4 atom stereocenters. The largest absolute Gasteiger partial charge is 0.469 e. The molecule has 1 fully saturated rings. The minimum absolute atomic E-state index is 0.0455. The second-order valence-corrected chi connectivity index (χ2v) is 9.34. The maximum Gasteiger partial charge on any atom is 0.305 e. The molecule has 1 unspecified atom stereocenters. The Morgan fingerprint density at radius 3 is 2.69 bits per heavy atom. The van der Waals surface area contributed by atoms with E-state index >= 15 is 0 Å². The first-order valence-corrected chi connectivity index (χ1v) is 12.1. The van der Waals surface area contributed by atoms with Crippen molar-refractivity contribution in [1.82, 2.24) is 0 Å². The van der Waals surface area contributed by atoms with Crippen LogP contribution in [0.2, 0.25) is 0 Å². The van der Waals surface area contributed by atoms with Crippen molar-refractivity contribution in [3.05, 3.63) is 29.8 Å². The fraction of sp³-hybridized carbons (Fsp3) is 0.652.